The number of fused-ring (bicyclic) bond motifs is 1. The maximum Gasteiger partial charge on any atom is 0.409 e. The molecular formula is C13H22N2O3. The largest absolute Gasteiger partial charge is 0.453 e. The van der Waals surface area contributed by atoms with Crippen LogP contribution in [-0.2, 0) is 9.47 Å². The summed E-state index contributed by atoms with van der Waals surface area (Å²) in [5.41, 5.74) is 0.215. The number of nitrogens with zero attached hydrogens (tertiary/aromatic N) is 1. The lowest BCUT2D eigenvalue weighted by atomic mass is 9.57. The third-order valence-corrected chi connectivity index (χ3v) is 4.83. The molecule has 2 aliphatic heterocycles. The lowest BCUT2D eigenvalue weighted by Crippen LogP contribution is -2.72. The molecule has 3 atom stereocenters. The second-order valence-corrected chi connectivity index (χ2v) is 6.28. The van der Waals surface area contributed by atoms with Crippen LogP contribution in [0.15, 0.2) is 0 Å². The van der Waals surface area contributed by atoms with Crippen LogP contribution in [-0.4, -0.2) is 56.0 Å². The summed E-state index contributed by atoms with van der Waals surface area (Å²) in [5.74, 6) is 0.659. The fraction of sp³-hybridized carbons (Fsp3) is 0.923. The number of rotatable bonds is 2. The molecule has 1 N–H and O–H groups in total. The highest BCUT2D eigenvalue weighted by atomic mass is 16.5. The first-order valence-corrected chi connectivity index (χ1v) is 6.74. The summed E-state index contributed by atoms with van der Waals surface area (Å²) >= 11 is 0. The minimum Gasteiger partial charge on any atom is -0.453 e. The maximum atomic E-state index is 11.3. The molecule has 0 spiro atoms. The number of carbonyl (C=O) groups is 1. The molecule has 1 saturated carbocycles. The molecule has 5 nitrogen and oxygen atoms in total. The molecule has 102 valence electrons. The summed E-state index contributed by atoms with van der Waals surface area (Å²) in [5, 5.41) is 3.69. The van der Waals surface area contributed by atoms with Crippen LogP contribution in [0.5, 0.6) is 0 Å². The molecule has 0 aromatic rings. The molecule has 2 saturated heterocycles. The second kappa shape index (κ2) is 4.10. The Hall–Kier alpha value is -0.810. The highest BCUT2D eigenvalue weighted by Crippen LogP contribution is 2.52. The Morgan fingerprint density at radius 2 is 2.17 bits per heavy atom. The monoisotopic (exact) mass is 254 g/mol. The quantitative estimate of drug-likeness (QED) is 0.793. The van der Waals surface area contributed by atoms with Gasteiger partial charge in [-0.05, 0) is 6.42 Å². The molecule has 1 amide bonds. The van der Waals surface area contributed by atoms with Gasteiger partial charge in [-0.3, -0.25) is 0 Å². The van der Waals surface area contributed by atoms with Gasteiger partial charge in [0.2, 0.25) is 0 Å². The minimum absolute atomic E-state index is 0.215. The molecule has 18 heavy (non-hydrogen) atoms. The van der Waals surface area contributed by atoms with Crippen LogP contribution in [0, 0.1) is 11.3 Å². The van der Waals surface area contributed by atoms with Crippen molar-refractivity contribution >= 4 is 6.09 Å². The van der Waals surface area contributed by atoms with Gasteiger partial charge in [0.1, 0.15) is 0 Å². The van der Waals surface area contributed by atoms with Crippen LogP contribution in [0.2, 0.25) is 0 Å². The molecular weight excluding hydrogens is 232 g/mol. The fourth-order valence-electron chi connectivity index (χ4n) is 3.78. The van der Waals surface area contributed by atoms with E-state index in [1.54, 1.807) is 4.90 Å². The molecule has 0 unspecified atom stereocenters. The number of carbonyl (C=O) groups excluding carboxylic acids is 1. The van der Waals surface area contributed by atoms with Crippen LogP contribution >= 0.6 is 0 Å². The molecule has 0 aromatic carbocycles. The summed E-state index contributed by atoms with van der Waals surface area (Å²) < 4.78 is 10.5. The van der Waals surface area contributed by atoms with Crippen LogP contribution in [0.4, 0.5) is 4.79 Å². The lowest BCUT2D eigenvalue weighted by molar-refractivity contribution is -0.119. The molecule has 0 radical (unpaired) electrons. The van der Waals surface area contributed by atoms with Crippen molar-refractivity contribution in [2.24, 2.45) is 11.3 Å². The zero-order valence-electron chi connectivity index (χ0n) is 11.3. The van der Waals surface area contributed by atoms with Crippen molar-refractivity contribution in [2.45, 2.75) is 38.5 Å². The molecule has 2 heterocycles. The van der Waals surface area contributed by atoms with Crippen molar-refractivity contribution in [3.63, 3.8) is 0 Å². The first-order chi connectivity index (χ1) is 8.54. The van der Waals surface area contributed by atoms with Gasteiger partial charge in [-0.25, -0.2) is 4.79 Å². The second-order valence-electron chi connectivity index (χ2n) is 6.28. The van der Waals surface area contributed by atoms with Gasteiger partial charge in [0.15, 0.2) is 0 Å². The SMILES string of the molecule is COC(=O)N1CC(N[C@@H]2[C@@H]3CCO[C@H]3C2(C)C)C1. The number of hydrogen-bond donors (Lipinski definition) is 1. The van der Waals surface area contributed by atoms with Gasteiger partial charge in [-0.1, -0.05) is 13.8 Å². The van der Waals surface area contributed by atoms with E-state index in [2.05, 4.69) is 19.2 Å². The number of methoxy groups -OCH3 is 1. The van der Waals surface area contributed by atoms with Gasteiger partial charge in [0.25, 0.3) is 0 Å². The summed E-state index contributed by atoms with van der Waals surface area (Å²) in [6.07, 6.45) is 1.37. The molecule has 3 fully saturated rings. The van der Waals surface area contributed by atoms with E-state index in [0.29, 0.717) is 24.1 Å². The minimum atomic E-state index is -0.219. The molecule has 5 heteroatoms. The zero-order chi connectivity index (χ0) is 12.9. The predicted molar refractivity (Wildman–Crippen MR) is 66.3 cm³/mol. The molecule has 0 bridgehead atoms. The van der Waals surface area contributed by atoms with Gasteiger partial charge in [0.05, 0.1) is 13.2 Å². The van der Waals surface area contributed by atoms with E-state index in [1.807, 2.05) is 0 Å². The fourth-order valence-corrected chi connectivity index (χ4v) is 3.78. The van der Waals surface area contributed by atoms with E-state index >= 15 is 0 Å². The van der Waals surface area contributed by atoms with E-state index in [4.69, 9.17) is 9.47 Å². The van der Waals surface area contributed by atoms with Crippen molar-refractivity contribution < 1.29 is 14.3 Å². The highest BCUT2D eigenvalue weighted by molar-refractivity contribution is 5.68. The Bertz CT molecular complexity index is 352. The number of ether oxygens (including phenoxy) is 2. The van der Waals surface area contributed by atoms with Crippen LogP contribution in [0.25, 0.3) is 0 Å². The third kappa shape index (κ3) is 1.64. The Morgan fingerprint density at radius 3 is 2.83 bits per heavy atom. The molecule has 0 aromatic heterocycles. The van der Waals surface area contributed by atoms with Gasteiger partial charge in [-0.2, -0.15) is 0 Å². The Kier molecular flexibility index (Phi) is 2.79. The van der Waals surface area contributed by atoms with Crippen molar-refractivity contribution in [1.82, 2.24) is 10.2 Å². The third-order valence-electron chi connectivity index (χ3n) is 4.83. The number of likely N-dealkylation sites (tertiary alicyclic amines) is 1. The lowest BCUT2D eigenvalue weighted by Gasteiger charge is -2.57. The van der Waals surface area contributed by atoms with Crippen molar-refractivity contribution in [3.8, 4) is 0 Å². The van der Waals surface area contributed by atoms with E-state index in [1.165, 1.54) is 13.5 Å². The van der Waals surface area contributed by atoms with Gasteiger partial charge in [-0.15, -0.1) is 0 Å². The first kappa shape index (κ1) is 12.2. The van der Waals surface area contributed by atoms with Crippen molar-refractivity contribution in [2.75, 3.05) is 26.8 Å². The standard InChI is InChI=1S/C13H22N2O3/c1-13(2)10(9-4-5-18-11(9)13)14-8-6-15(7-8)12(16)17-3/h8-11,14H,4-7H2,1-3H3/t9-,10+,11+/m0/s1. The molecule has 3 rings (SSSR count). The van der Waals surface area contributed by atoms with Gasteiger partial charge < -0.3 is 19.7 Å². The topological polar surface area (TPSA) is 50.8 Å². The van der Waals surface area contributed by atoms with Crippen LogP contribution in [0.3, 0.4) is 0 Å². The van der Waals surface area contributed by atoms with Crippen molar-refractivity contribution in [1.29, 1.82) is 0 Å². The molecule has 3 aliphatic rings. The number of nitrogens with one attached hydrogen (secondary N) is 1. The predicted octanol–water partition coefficient (Wildman–Crippen LogP) is 0.840. The zero-order valence-corrected chi connectivity index (χ0v) is 11.3. The van der Waals surface area contributed by atoms with E-state index in [0.717, 1.165) is 19.7 Å². The normalized spacial score (nSPS) is 37.7. The van der Waals surface area contributed by atoms with Crippen LogP contribution < -0.4 is 5.32 Å². The smallest absolute Gasteiger partial charge is 0.409 e. The van der Waals surface area contributed by atoms with Gasteiger partial charge in [0, 0.05) is 43.1 Å². The summed E-state index contributed by atoms with van der Waals surface area (Å²) in [4.78, 5) is 13.0. The Labute approximate surface area is 108 Å². The Balaban J connectivity index is 1.52. The number of amides is 1. The summed E-state index contributed by atoms with van der Waals surface area (Å²) in [6, 6.07) is 0.935. The average molecular weight is 254 g/mol. The average Bonchev–Trinajstić information content (AvgIpc) is 2.73. The highest BCUT2D eigenvalue weighted by Gasteiger charge is 2.59. The first-order valence-electron chi connectivity index (χ1n) is 6.74. The molecule has 1 aliphatic carbocycles. The van der Waals surface area contributed by atoms with E-state index < -0.39 is 0 Å². The summed E-state index contributed by atoms with van der Waals surface area (Å²) in [7, 11) is 1.43. The van der Waals surface area contributed by atoms with Crippen LogP contribution in [0.1, 0.15) is 20.3 Å². The Morgan fingerprint density at radius 1 is 1.44 bits per heavy atom. The van der Waals surface area contributed by atoms with E-state index in [9.17, 15) is 4.79 Å². The summed E-state index contributed by atoms with van der Waals surface area (Å²) in [6.45, 7) is 6.96. The van der Waals surface area contributed by atoms with Gasteiger partial charge >= 0.3 is 6.09 Å². The maximum absolute atomic E-state index is 11.3. The van der Waals surface area contributed by atoms with Crippen molar-refractivity contribution in [3.05, 3.63) is 0 Å². The number of hydrogen-bond acceptors (Lipinski definition) is 4. The van der Waals surface area contributed by atoms with E-state index in [-0.39, 0.29) is 11.5 Å².